The highest BCUT2D eigenvalue weighted by Gasteiger charge is 2.25. The fourth-order valence-corrected chi connectivity index (χ4v) is 1.61. The Morgan fingerprint density at radius 3 is 2.63 bits per heavy atom. The zero-order chi connectivity index (χ0) is 14.9. The van der Waals surface area contributed by atoms with E-state index in [0.717, 1.165) is 32.3 Å². The molecule has 2 unspecified atom stereocenters. The zero-order valence-electron chi connectivity index (χ0n) is 11.8. The Labute approximate surface area is 131 Å². The van der Waals surface area contributed by atoms with Crippen LogP contribution in [0, 0.1) is 12.8 Å². The van der Waals surface area contributed by atoms with Gasteiger partial charge in [0.2, 0.25) is 0 Å². The molecule has 1 aliphatic rings. The van der Waals surface area contributed by atoms with E-state index in [9.17, 15) is 0 Å². The summed E-state index contributed by atoms with van der Waals surface area (Å²) in [7, 11) is 0. The fourth-order valence-electron chi connectivity index (χ4n) is 1.46. The first kappa shape index (κ1) is 21.2. The molecule has 19 heavy (non-hydrogen) atoms. The lowest BCUT2D eigenvalue weighted by molar-refractivity contribution is -0.209. The van der Waals surface area contributed by atoms with Crippen LogP contribution in [-0.4, -0.2) is 25.6 Å². The number of terminal acetylenes is 1. The Hall–Kier alpha value is -0.130. The van der Waals surface area contributed by atoms with E-state index in [1.807, 2.05) is 19.9 Å². The summed E-state index contributed by atoms with van der Waals surface area (Å²) < 4.78 is 15.6. The van der Waals surface area contributed by atoms with Crippen LogP contribution >= 0.6 is 23.0 Å². The van der Waals surface area contributed by atoms with Crippen LogP contribution in [0.5, 0.6) is 0 Å². The second kappa shape index (κ2) is 17.9. The van der Waals surface area contributed by atoms with Crippen molar-refractivity contribution in [2.45, 2.75) is 51.9 Å². The summed E-state index contributed by atoms with van der Waals surface area (Å²) in [5, 5.41) is 0. The van der Waals surface area contributed by atoms with Crippen molar-refractivity contribution in [1.82, 2.24) is 0 Å². The van der Waals surface area contributed by atoms with Crippen LogP contribution in [0.1, 0.15) is 39.5 Å². The predicted octanol–water partition coefficient (Wildman–Crippen LogP) is 4.05. The quantitative estimate of drug-likeness (QED) is 0.158. The molecule has 2 atom stereocenters. The van der Waals surface area contributed by atoms with Crippen LogP contribution in [0.25, 0.3) is 0 Å². The molecule has 0 saturated carbocycles. The number of ether oxygens (including phenoxy) is 2. The SMILES string of the molecule is C#C.C=CCCCOC1CCC(COOI)O1.CC. The Morgan fingerprint density at radius 1 is 1.37 bits per heavy atom. The van der Waals surface area contributed by atoms with E-state index in [2.05, 4.69) is 22.6 Å². The summed E-state index contributed by atoms with van der Waals surface area (Å²) in [5.74, 6) is 0. The largest absolute Gasteiger partial charge is 0.353 e. The minimum atomic E-state index is -0.0716. The number of halogens is 1. The van der Waals surface area contributed by atoms with E-state index in [0.29, 0.717) is 6.61 Å². The summed E-state index contributed by atoms with van der Waals surface area (Å²) in [6.45, 7) is 8.85. The summed E-state index contributed by atoms with van der Waals surface area (Å²) in [6, 6.07) is 0. The van der Waals surface area contributed by atoms with Gasteiger partial charge >= 0.3 is 0 Å². The number of unbranched alkanes of at least 4 members (excludes halogenated alkanes) is 1. The van der Waals surface area contributed by atoms with Gasteiger partial charge in [0, 0.05) is 6.42 Å². The van der Waals surface area contributed by atoms with Crippen LogP contribution in [0.2, 0.25) is 0 Å². The lowest BCUT2D eigenvalue weighted by atomic mass is 10.2. The molecule has 1 saturated heterocycles. The monoisotopic (exact) mass is 384 g/mol. The van der Waals surface area contributed by atoms with Crippen molar-refractivity contribution in [3.8, 4) is 12.8 Å². The predicted molar refractivity (Wildman–Crippen MR) is 85.6 cm³/mol. The minimum Gasteiger partial charge on any atom is -0.353 e. The lowest BCUT2D eigenvalue weighted by Crippen LogP contribution is -2.18. The van der Waals surface area contributed by atoms with Gasteiger partial charge in [0.15, 0.2) is 29.3 Å². The van der Waals surface area contributed by atoms with Gasteiger partial charge < -0.3 is 9.47 Å². The molecule has 112 valence electrons. The van der Waals surface area contributed by atoms with E-state index < -0.39 is 0 Å². The van der Waals surface area contributed by atoms with Crippen molar-refractivity contribution in [3.05, 3.63) is 12.7 Å². The number of allylic oxidation sites excluding steroid dienone is 1. The molecule has 0 radical (unpaired) electrons. The highest BCUT2D eigenvalue weighted by atomic mass is 127. The minimum absolute atomic E-state index is 0.0716. The topological polar surface area (TPSA) is 36.9 Å². The smallest absolute Gasteiger partial charge is 0.158 e. The molecule has 5 heteroatoms. The maximum atomic E-state index is 5.59. The van der Waals surface area contributed by atoms with E-state index in [-0.39, 0.29) is 12.4 Å². The van der Waals surface area contributed by atoms with Gasteiger partial charge in [-0.3, -0.25) is 0 Å². The van der Waals surface area contributed by atoms with Gasteiger partial charge in [-0.25, -0.2) is 4.89 Å². The van der Waals surface area contributed by atoms with Crippen molar-refractivity contribution in [2.75, 3.05) is 13.2 Å². The van der Waals surface area contributed by atoms with Crippen molar-refractivity contribution < 1.29 is 17.6 Å². The van der Waals surface area contributed by atoms with Crippen LogP contribution in [0.3, 0.4) is 0 Å². The molecule has 1 fully saturated rings. The molecule has 1 aliphatic heterocycles. The molecule has 4 nitrogen and oxygen atoms in total. The van der Waals surface area contributed by atoms with Crippen LogP contribution < -0.4 is 0 Å². The van der Waals surface area contributed by atoms with E-state index in [1.165, 1.54) is 0 Å². The fraction of sp³-hybridized carbons (Fsp3) is 0.714. The molecule has 0 bridgehead atoms. The number of rotatable bonds is 8. The summed E-state index contributed by atoms with van der Waals surface area (Å²) >= 11 is 1.69. The summed E-state index contributed by atoms with van der Waals surface area (Å²) in [4.78, 5) is 4.80. The lowest BCUT2D eigenvalue weighted by Gasteiger charge is -2.13. The maximum absolute atomic E-state index is 5.59. The van der Waals surface area contributed by atoms with Crippen LogP contribution in [0.4, 0.5) is 0 Å². The average Bonchev–Trinajstić information content (AvgIpc) is 2.93. The van der Waals surface area contributed by atoms with Crippen molar-refractivity contribution in [1.29, 1.82) is 0 Å². The third-order valence-electron chi connectivity index (χ3n) is 2.22. The first-order chi connectivity index (χ1) is 9.36. The van der Waals surface area contributed by atoms with Crippen molar-refractivity contribution in [2.24, 2.45) is 0 Å². The van der Waals surface area contributed by atoms with Gasteiger partial charge in [0.1, 0.15) is 6.61 Å². The van der Waals surface area contributed by atoms with Crippen LogP contribution in [0.15, 0.2) is 12.7 Å². The third kappa shape index (κ3) is 12.6. The highest BCUT2D eigenvalue weighted by Crippen LogP contribution is 2.21. The highest BCUT2D eigenvalue weighted by molar-refractivity contribution is 14.1. The molecule has 0 aromatic carbocycles. The maximum Gasteiger partial charge on any atom is 0.158 e. The summed E-state index contributed by atoms with van der Waals surface area (Å²) in [6.07, 6.45) is 13.8. The first-order valence-electron chi connectivity index (χ1n) is 6.48. The van der Waals surface area contributed by atoms with Gasteiger partial charge in [-0.2, -0.15) is 3.22 Å². The molecule has 1 heterocycles. The van der Waals surface area contributed by atoms with Crippen molar-refractivity contribution >= 4 is 23.0 Å². The zero-order valence-corrected chi connectivity index (χ0v) is 14.0. The van der Waals surface area contributed by atoms with Crippen LogP contribution in [-0.2, 0) is 17.6 Å². The van der Waals surface area contributed by atoms with Gasteiger partial charge in [-0.05, 0) is 19.3 Å². The molecular formula is C14H25IO4. The van der Waals surface area contributed by atoms with Gasteiger partial charge in [0.25, 0.3) is 0 Å². The van der Waals surface area contributed by atoms with Gasteiger partial charge in [0.05, 0.1) is 12.7 Å². The third-order valence-corrected chi connectivity index (χ3v) is 2.48. The summed E-state index contributed by atoms with van der Waals surface area (Å²) in [5.41, 5.74) is 0. The molecule has 0 aromatic rings. The molecule has 0 amide bonds. The Morgan fingerprint density at radius 2 is 2.05 bits per heavy atom. The molecule has 0 spiro atoms. The van der Waals surface area contributed by atoms with E-state index in [1.54, 1.807) is 23.0 Å². The van der Waals surface area contributed by atoms with Gasteiger partial charge in [-0.15, -0.1) is 19.4 Å². The normalized spacial score (nSPS) is 20.7. The Kier molecular flexibility index (Phi) is 19.9. The molecule has 1 rings (SSSR count). The molecule has 0 aromatic heterocycles. The second-order valence-corrected chi connectivity index (χ2v) is 3.77. The standard InChI is InChI=1S/C10H17IO4.C2H6.C2H2/c1-2-3-4-7-12-10-6-5-9(14-10)8-13-15-11;2*1-2/h2,9-10H,1,3-8H2;1-2H3;1-2H. The molecule has 0 N–H and O–H groups in total. The van der Waals surface area contributed by atoms with E-state index >= 15 is 0 Å². The Balaban J connectivity index is 0. The average molecular weight is 384 g/mol. The van der Waals surface area contributed by atoms with Crippen molar-refractivity contribution in [3.63, 3.8) is 0 Å². The second-order valence-electron chi connectivity index (χ2n) is 3.41. The number of hydrogen-bond donors (Lipinski definition) is 0. The van der Waals surface area contributed by atoms with E-state index in [4.69, 9.17) is 14.4 Å². The Bertz CT molecular complexity index is 209. The molecule has 0 aliphatic carbocycles. The molecular weight excluding hydrogens is 359 g/mol. The first-order valence-corrected chi connectivity index (χ1v) is 7.36. The van der Waals surface area contributed by atoms with Gasteiger partial charge in [-0.1, -0.05) is 19.9 Å². The number of hydrogen-bond acceptors (Lipinski definition) is 4.